The minimum atomic E-state index is -3.63. The molecule has 1 aromatic carbocycles. The molecule has 0 saturated heterocycles. The third-order valence-corrected chi connectivity index (χ3v) is 5.67. The van der Waals surface area contributed by atoms with Crippen LogP contribution < -0.4 is 4.72 Å². The topological polar surface area (TPSA) is 89.8 Å². The molecular weight excluding hydrogens is 350 g/mol. The van der Waals surface area contributed by atoms with E-state index in [1.54, 1.807) is 36.3 Å². The molecule has 0 amide bonds. The van der Waals surface area contributed by atoms with Crippen LogP contribution in [0.5, 0.6) is 0 Å². The van der Waals surface area contributed by atoms with Gasteiger partial charge in [-0.05, 0) is 49.6 Å². The van der Waals surface area contributed by atoms with E-state index < -0.39 is 10.0 Å². The van der Waals surface area contributed by atoms with E-state index in [0.717, 1.165) is 22.4 Å². The summed E-state index contributed by atoms with van der Waals surface area (Å²) in [6.45, 7) is 6.26. The molecule has 0 bridgehead atoms. The van der Waals surface area contributed by atoms with Gasteiger partial charge >= 0.3 is 0 Å². The summed E-state index contributed by atoms with van der Waals surface area (Å²) >= 11 is 0. The van der Waals surface area contributed by atoms with Gasteiger partial charge in [-0.2, -0.15) is 0 Å². The van der Waals surface area contributed by atoms with Crippen molar-refractivity contribution in [1.82, 2.24) is 24.7 Å². The van der Waals surface area contributed by atoms with Crippen LogP contribution in [0.2, 0.25) is 0 Å². The monoisotopic (exact) mass is 371 g/mol. The predicted octanol–water partition coefficient (Wildman–Crippen LogP) is 2.24. The number of pyridine rings is 1. The molecular formula is C18H21N5O2S. The summed E-state index contributed by atoms with van der Waals surface area (Å²) in [5.41, 5.74) is 4.26. The van der Waals surface area contributed by atoms with Crippen LogP contribution in [-0.4, -0.2) is 34.9 Å². The van der Waals surface area contributed by atoms with E-state index in [1.165, 1.54) is 0 Å². The van der Waals surface area contributed by atoms with E-state index >= 15 is 0 Å². The summed E-state index contributed by atoms with van der Waals surface area (Å²) in [4.78, 5) is 4.40. The van der Waals surface area contributed by atoms with E-state index in [0.29, 0.717) is 12.1 Å². The smallest absolute Gasteiger partial charge is 0.240 e. The lowest BCUT2D eigenvalue weighted by Gasteiger charge is -2.14. The van der Waals surface area contributed by atoms with E-state index in [2.05, 4.69) is 20.0 Å². The van der Waals surface area contributed by atoms with Gasteiger partial charge in [0.2, 0.25) is 10.0 Å². The fourth-order valence-electron chi connectivity index (χ4n) is 2.83. The molecule has 0 aliphatic rings. The summed E-state index contributed by atoms with van der Waals surface area (Å²) in [6, 6.07) is 7.35. The van der Waals surface area contributed by atoms with Crippen molar-refractivity contribution in [1.29, 1.82) is 0 Å². The van der Waals surface area contributed by atoms with Gasteiger partial charge in [0.25, 0.3) is 0 Å². The van der Waals surface area contributed by atoms with Gasteiger partial charge in [-0.25, -0.2) is 13.1 Å². The van der Waals surface area contributed by atoms with Crippen LogP contribution in [0.4, 0.5) is 0 Å². The van der Waals surface area contributed by atoms with Crippen LogP contribution >= 0.6 is 0 Å². The number of benzene rings is 1. The minimum absolute atomic E-state index is 0.237. The van der Waals surface area contributed by atoms with Crippen molar-refractivity contribution >= 4 is 10.0 Å². The number of aromatic nitrogens is 4. The number of aryl methyl sites for hydroxylation is 3. The highest BCUT2D eigenvalue weighted by Crippen LogP contribution is 2.28. The zero-order valence-electron chi connectivity index (χ0n) is 15.0. The maximum atomic E-state index is 12.8. The summed E-state index contributed by atoms with van der Waals surface area (Å²) in [5, 5.41) is 7.80. The lowest BCUT2D eigenvalue weighted by Crippen LogP contribution is -2.28. The Kier molecular flexibility index (Phi) is 5.15. The zero-order chi connectivity index (χ0) is 18.7. The van der Waals surface area contributed by atoms with Gasteiger partial charge in [0.1, 0.15) is 0 Å². The van der Waals surface area contributed by atoms with E-state index in [4.69, 9.17) is 0 Å². The second-order valence-electron chi connectivity index (χ2n) is 6.20. The van der Waals surface area contributed by atoms with Crippen molar-refractivity contribution in [3.05, 3.63) is 59.7 Å². The summed E-state index contributed by atoms with van der Waals surface area (Å²) in [7, 11) is -3.63. The molecule has 8 heteroatoms. The van der Waals surface area contributed by atoms with Gasteiger partial charge in [0, 0.05) is 30.7 Å². The van der Waals surface area contributed by atoms with Crippen molar-refractivity contribution in [2.75, 3.05) is 6.54 Å². The summed E-state index contributed by atoms with van der Waals surface area (Å²) in [5.74, 6) is 0. The van der Waals surface area contributed by atoms with Gasteiger partial charge in [0.15, 0.2) is 0 Å². The van der Waals surface area contributed by atoms with E-state index in [1.807, 2.05) is 32.0 Å². The number of nitrogens with one attached hydrogen (secondary N) is 1. The first kappa shape index (κ1) is 18.2. The molecule has 0 atom stereocenters. The fourth-order valence-corrected chi connectivity index (χ4v) is 4.10. The molecule has 1 N–H and O–H groups in total. The van der Waals surface area contributed by atoms with Gasteiger partial charge in [-0.1, -0.05) is 17.3 Å². The van der Waals surface area contributed by atoms with Crippen molar-refractivity contribution in [3.63, 3.8) is 0 Å². The van der Waals surface area contributed by atoms with E-state index in [9.17, 15) is 8.42 Å². The Labute approximate surface area is 153 Å². The van der Waals surface area contributed by atoms with Crippen molar-refractivity contribution in [2.45, 2.75) is 32.2 Å². The molecule has 0 aliphatic heterocycles. The number of hydrogen-bond acceptors (Lipinski definition) is 5. The molecule has 0 unspecified atom stereocenters. The molecule has 0 aliphatic carbocycles. The SMILES string of the molecule is Cc1cn(CCNS(=O)(=O)c2cc(-c3cccnc3)c(C)cc2C)nn1. The lowest BCUT2D eigenvalue weighted by atomic mass is 10.0. The van der Waals surface area contributed by atoms with Crippen LogP contribution in [0.1, 0.15) is 16.8 Å². The third kappa shape index (κ3) is 3.97. The van der Waals surface area contributed by atoms with Crippen LogP contribution in [0.3, 0.4) is 0 Å². The number of nitrogens with zero attached hydrogens (tertiary/aromatic N) is 4. The van der Waals surface area contributed by atoms with Crippen LogP contribution in [-0.2, 0) is 16.6 Å². The lowest BCUT2D eigenvalue weighted by molar-refractivity contribution is 0.552. The number of hydrogen-bond donors (Lipinski definition) is 1. The molecule has 26 heavy (non-hydrogen) atoms. The molecule has 0 spiro atoms. The Morgan fingerprint density at radius 2 is 1.96 bits per heavy atom. The van der Waals surface area contributed by atoms with Crippen LogP contribution in [0.25, 0.3) is 11.1 Å². The Balaban J connectivity index is 1.84. The quantitative estimate of drug-likeness (QED) is 0.718. The van der Waals surface area contributed by atoms with E-state index in [-0.39, 0.29) is 11.4 Å². The molecule has 7 nitrogen and oxygen atoms in total. The number of rotatable bonds is 6. The van der Waals surface area contributed by atoms with Gasteiger partial charge in [0.05, 0.1) is 17.1 Å². The molecule has 2 heterocycles. The van der Waals surface area contributed by atoms with Crippen LogP contribution in [0, 0.1) is 20.8 Å². The molecule has 3 rings (SSSR count). The molecule has 0 radical (unpaired) electrons. The van der Waals surface area contributed by atoms with Crippen molar-refractivity contribution < 1.29 is 8.42 Å². The Bertz CT molecular complexity index is 1010. The Morgan fingerprint density at radius 3 is 2.62 bits per heavy atom. The zero-order valence-corrected chi connectivity index (χ0v) is 15.8. The summed E-state index contributed by atoms with van der Waals surface area (Å²) in [6.07, 6.45) is 5.19. The second-order valence-corrected chi connectivity index (χ2v) is 7.93. The summed E-state index contributed by atoms with van der Waals surface area (Å²) < 4.78 is 29.8. The minimum Gasteiger partial charge on any atom is -0.264 e. The Morgan fingerprint density at radius 1 is 1.15 bits per heavy atom. The maximum absolute atomic E-state index is 12.8. The highest BCUT2D eigenvalue weighted by molar-refractivity contribution is 7.89. The average molecular weight is 371 g/mol. The highest BCUT2D eigenvalue weighted by Gasteiger charge is 2.19. The molecule has 3 aromatic rings. The molecule has 0 fully saturated rings. The van der Waals surface area contributed by atoms with Crippen molar-refractivity contribution in [3.8, 4) is 11.1 Å². The second kappa shape index (κ2) is 7.35. The first-order chi connectivity index (χ1) is 12.4. The van der Waals surface area contributed by atoms with Gasteiger partial charge in [-0.15, -0.1) is 5.10 Å². The first-order valence-electron chi connectivity index (χ1n) is 8.25. The number of sulfonamides is 1. The third-order valence-electron chi connectivity index (χ3n) is 4.07. The van der Waals surface area contributed by atoms with Gasteiger partial charge < -0.3 is 0 Å². The normalized spacial score (nSPS) is 11.7. The molecule has 136 valence electrons. The largest absolute Gasteiger partial charge is 0.264 e. The first-order valence-corrected chi connectivity index (χ1v) is 9.73. The molecule has 2 aromatic heterocycles. The predicted molar refractivity (Wildman–Crippen MR) is 99.1 cm³/mol. The molecule has 0 saturated carbocycles. The maximum Gasteiger partial charge on any atom is 0.240 e. The average Bonchev–Trinajstić information content (AvgIpc) is 3.00. The fraction of sp³-hybridized carbons (Fsp3) is 0.278. The standard InChI is InChI=1S/C18H21N5O2S/c1-13-9-14(2)18(10-17(13)16-5-4-6-19-11-16)26(24,25)20-7-8-23-12-15(3)21-22-23/h4-6,9-12,20H,7-8H2,1-3H3. The highest BCUT2D eigenvalue weighted by atomic mass is 32.2. The van der Waals surface area contributed by atoms with Crippen molar-refractivity contribution in [2.24, 2.45) is 0 Å². The Hall–Kier alpha value is -2.58. The van der Waals surface area contributed by atoms with Gasteiger partial charge in [-0.3, -0.25) is 9.67 Å². The van der Waals surface area contributed by atoms with Crippen LogP contribution in [0.15, 0.2) is 47.8 Å².